The number of rotatable bonds is 6. The number of anilines is 1. The molecule has 0 saturated heterocycles. The van der Waals surface area contributed by atoms with Gasteiger partial charge in [0.05, 0.1) is 0 Å². The van der Waals surface area contributed by atoms with Gasteiger partial charge in [-0.25, -0.2) is 4.98 Å². The van der Waals surface area contributed by atoms with Gasteiger partial charge in [-0.05, 0) is 24.4 Å². The van der Waals surface area contributed by atoms with Gasteiger partial charge in [0.25, 0.3) is 0 Å². The molecule has 1 aromatic carbocycles. The Morgan fingerprint density at radius 3 is 2.83 bits per heavy atom. The van der Waals surface area contributed by atoms with Gasteiger partial charge in [0.1, 0.15) is 5.82 Å². The van der Waals surface area contributed by atoms with E-state index in [1.54, 1.807) is 0 Å². The highest BCUT2D eigenvalue weighted by molar-refractivity contribution is 5.91. The van der Waals surface area contributed by atoms with Crippen LogP contribution in [0.3, 0.4) is 0 Å². The molecule has 2 rings (SSSR count). The molecule has 1 N–H and O–H groups in total. The van der Waals surface area contributed by atoms with Crippen molar-refractivity contribution < 1.29 is 0 Å². The molecule has 0 saturated carbocycles. The van der Waals surface area contributed by atoms with Gasteiger partial charge in [0, 0.05) is 31.7 Å². The van der Waals surface area contributed by atoms with E-state index >= 15 is 0 Å². The highest BCUT2D eigenvalue weighted by Crippen LogP contribution is 2.22. The third-order valence-electron chi connectivity index (χ3n) is 3.06. The van der Waals surface area contributed by atoms with Gasteiger partial charge < -0.3 is 10.2 Å². The average Bonchev–Trinajstić information content (AvgIpc) is 2.43. The van der Waals surface area contributed by atoms with Gasteiger partial charge in [0.2, 0.25) is 0 Å². The second kappa shape index (κ2) is 6.36. The number of benzene rings is 1. The third kappa shape index (κ3) is 2.99. The minimum atomic E-state index is 0.973. The number of hydrogen-bond donors (Lipinski definition) is 1. The quantitative estimate of drug-likeness (QED) is 0.791. The summed E-state index contributed by atoms with van der Waals surface area (Å²) >= 11 is 0. The van der Waals surface area contributed by atoms with Crippen molar-refractivity contribution in [2.24, 2.45) is 0 Å². The van der Waals surface area contributed by atoms with Gasteiger partial charge in [-0.3, -0.25) is 0 Å². The van der Waals surface area contributed by atoms with E-state index in [0.717, 1.165) is 25.5 Å². The molecule has 0 amide bonds. The summed E-state index contributed by atoms with van der Waals surface area (Å²) in [4.78, 5) is 6.72. The number of pyridine rings is 1. The number of nitrogens with zero attached hydrogens (tertiary/aromatic N) is 2. The predicted octanol–water partition coefficient (Wildman–Crippen LogP) is 2.67. The molecule has 0 radical (unpaired) electrons. The van der Waals surface area contributed by atoms with Gasteiger partial charge in [-0.1, -0.05) is 31.2 Å². The Morgan fingerprint density at radius 1 is 1.17 bits per heavy atom. The van der Waals surface area contributed by atoms with E-state index in [1.807, 2.05) is 6.20 Å². The lowest BCUT2D eigenvalue weighted by Gasteiger charge is -2.20. The maximum atomic E-state index is 4.50. The van der Waals surface area contributed by atoms with E-state index in [-0.39, 0.29) is 0 Å². The van der Waals surface area contributed by atoms with Crippen molar-refractivity contribution in [1.29, 1.82) is 0 Å². The summed E-state index contributed by atoms with van der Waals surface area (Å²) in [6.07, 6.45) is 3.06. The molecule has 96 valence electrons. The largest absolute Gasteiger partial charge is 0.358 e. The molecule has 0 spiro atoms. The first-order valence-corrected chi connectivity index (χ1v) is 6.58. The van der Waals surface area contributed by atoms with Crippen molar-refractivity contribution in [2.75, 3.05) is 31.6 Å². The number of nitrogens with one attached hydrogen (secondary N) is 1. The highest BCUT2D eigenvalue weighted by atomic mass is 15.2. The summed E-state index contributed by atoms with van der Waals surface area (Å²) in [5.41, 5.74) is 0. The van der Waals surface area contributed by atoms with E-state index < -0.39 is 0 Å². The van der Waals surface area contributed by atoms with Gasteiger partial charge in [-0.2, -0.15) is 0 Å². The third-order valence-corrected chi connectivity index (χ3v) is 3.06. The first-order chi connectivity index (χ1) is 8.83. The zero-order chi connectivity index (χ0) is 12.8. The number of likely N-dealkylation sites (N-methyl/N-ethyl adjacent to an activating group) is 1. The Balaban J connectivity index is 2.10. The standard InChI is InChI=1S/C15H21N3/c1-3-9-16-11-12-18(2)15-14-7-5-4-6-13(14)8-10-17-15/h4-8,10,16H,3,9,11-12H2,1-2H3. The molecule has 0 aliphatic carbocycles. The number of aromatic nitrogens is 1. The van der Waals surface area contributed by atoms with Crippen LogP contribution in [0, 0.1) is 0 Å². The lowest BCUT2D eigenvalue weighted by molar-refractivity contribution is 0.664. The van der Waals surface area contributed by atoms with Crippen LogP contribution >= 0.6 is 0 Å². The maximum absolute atomic E-state index is 4.50. The van der Waals surface area contributed by atoms with Gasteiger partial charge >= 0.3 is 0 Å². The molecule has 0 atom stereocenters. The lowest BCUT2D eigenvalue weighted by atomic mass is 10.1. The van der Waals surface area contributed by atoms with Crippen LogP contribution in [0.15, 0.2) is 36.5 Å². The molecule has 3 heteroatoms. The second-order valence-corrected chi connectivity index (χ2v) is 4.53. The van der Waals surface area contributed by atoms with Crippen molar-refractivity contribution in [3.63, 3.8) is 0 Å². The lowest BCUT2D eigenvalue weighted by Crippen LogP contribution is -2.30. The monoisotopic (exact) mass is 243 g/mol. The van der Waals surface area contributed by atoms with E-state index in [0.29, 0.717) is 0 Å². The Hall–Kier alpha value is -1.61. The number of hydrogen-bond acceptors (Lipinski definition) is 3. The maximum Gasteiger partial charge on any atom is 0.136 e. The fourth-order valence-corrected chi connectivity index (χ4v) is 2.06. The summed E-state index contributed by atoms with van der Waals surface area (Å²) in [5.74, 6) is 1.06. The minimum Gasteiger partial charge on any atom is -0.358 e. The summed E-state index contributed by atoms with van der Waals surface area (Å²) in [5, 5.41) is 5.88. The average molecular weight is 243 g/mol. The van der Waals surface area contributed by atoms with Crippen LogP contribution < -0.4 is 10.2 Å². The first kappa shape index (κ1) is 12.8. The summed E-state index contributed by atoms with van der Waals surface area (Å²) in [6, 6.07) is 10.4. The van der Waals surface area contributed by atoms with Gasteiger partial charge in [-0.15, -0.1) is 0 Å². The molecule has 0 fully saturated rings. The fraction of sp³-hybridized carbons (Fsp3) is 0.400. The molecule has 0 aliphatic heterocycles. The van der Waals surface area contributed by atoms with Crippen LogP contribution in [0.2, 0.25) is 0 Å². The summed E-state index contributed by atoms with van der Waals surface area (Å²) in [6.45, 7) is 5.23. The molecule has 0 unspecified atom stereocenters. The van der Waals surface area contributed by atoms with Crippen molar-refractivity contribution in [3.8, 4) is 0 Å². The van der Waals surface area contributed by atoms with Crippen molar-refractivity contribution in [1.82, 2.24) is 10.3 Å². The zero-order valence-electron chi connectivity index (χ0n) is 11.2. The van der Waals surface area contributed by atoms with Crippen LogP contribution in [0.5, 0.6) is 0 Å². The minimum absolute atomic E-state index is 0.973. The van der Waals surface area contributed by atoms with Gasteiger partial charge in [0.15, 0.2) is 0 Å². The van der Waals surface area contributed by atoms with Crippen molar-refractivity contribution >= 4 is 16.6 Å². The zero-order valence-corrected chi connectivity index (χ0v) is 11.2. The van der Waals surface area contributed by atoms with Crippen LogP contribution in [0.25, 0.3) is 10.8 Å². The predicted molar refractivity (Wildman–Crippen MR) is 78.2 cm³/mol. The normalized spacial score (nSPS) is 10.8. The molecule has 2 aromatic rings. The Kier molecular flexibility index (Phi) is 4.53. The van der Waals surface area contributed by atoms with E-state index in [1.165, 1.54) is 17.2 Å². The van der Waals surface area contributed by atoms with Crippen LogP contribution in [0.4, 0.5) is 5.82 Å². The van der Waals surface area contributed by atoms with Crippen LogP contribution in [-0.2, 0) is 0 Å². The van der Waals surface area contributed by atoms with Crippen molar-refractivity contribution in [3.05, 3.63) is 36.5 Å². The molecule has 0 bridgehead atoms. The fourth-order valence-electron chi connectivity index (χ4n) is 2.06. The summed E-state index contributed by atoms with van der Waals surface area (Å²) in [7, 11) is 2.10. The molecule has 0 aliphatic rings. The Bertz CT molecular complexity index is 491. The topological polar surface area (TPSA) is 28.2 Å². The first-order valence-electron chi connectivity index (χ1n) is 6.58. The Morgan fingerprint density at radius 2 is 2.00 bits per heavy atom. The van der Waals surface area contributed by atoms with E-state index in [2.05, 4.69) is 59.5 Å². The molecule has 1 heterocycles. The molecule has 1 aromatic heterocycles. The van der Waals surface area contributed by atoms with E-state index in [4.69, 9.17) is 0 Å². The SMILES string of the molecule is CCCNCCN(C)c1nccc2ccccc12. The molecule has 18 heavy (non-hydrogen) atoms. The van der Waals surface area contributed by atoms with Crippen molar-refractivity contribution in [2.45, 2.75) is 13.3 Å². The smallest absolute Gasteiger partial charge is 0.136 e. The van der Waals surface area contributed by atoms with Crippen LogP contribution in [-0.4, -0.2) is 31.7 Å². The highest BCUT2D eigenvalue weighted by Gasteiger charge is 2.06. The van der Waals surface area contributed by atoms with E-state index in [9.17, 15) is 0 Å². The van der Waals surface area contributed by atoms with Crippen LogP contribution in [0.1, 0.15) is 13.3 Å². The summed E-state index contributed by atoms with van der Waals surface area (Å²) < 4.78 is 0. The second-order valence-electron chi connectivity index (χ2n) is 4.53. The number of fused-ring (bicyclic) bond motifs is 1. The molecular formula is C15H21N3. The molecular weight excluding hydrogens is 222 g/mol. The Labute approximate surface area is 109 Å². The molecule has 3 nitrogen and oxygen atoms in total.